The Morgan fingerprint density at radius 3 is 2.88 bits per heavy atom. The summed E-state index contributed by atoms with van der Waals surface area (Å²) in [4.78, 5) is 13.2. The third-order valence-electron chi connectivity index (χ3n) is 3.65. The number of hydrogen-bond acceptors (Lipinski definition) is 3. The molecule has 0 aromatic heterocycles. The van der Waals surface area contributed by atoms with Gasteiger partial charge in [0.05, 0.1) is 16.8 Å². The van der Waals surface area contributed by atoms with E-state index in [1.807, 2.05) is 18.5 Å². The predicted molar refractivity (Wildman–Crippen MR) is 60.9 cm³/mol. The molecule has 3 rings (SSSR count). The number of primary amides is 1. The number of rotatable bonds is 1. The van der Waals surface area contributed by atoms with E-state index < -0.39 is 0 Å². The normalized spacial score (nSPS) is 25.1. The molecule has 0 saturated heterocycles. The Morgan fingerprint density at radius 1 is 1.44 bits per heavy atom. The van der Waals surface area contributed by atoms with E-state index in [-0.39, 0.29) is 11.4 Å². The molecule has 0 aromatic rings. The van der Waals surface area contributed by atoms with Gasteiger partial charge in [0.25, 0.3) is 0 Å². The van der Waals surface area contributed by atoms with Crippen LogP contribution in [0.1, 0.15) is 19.3 Å². The number of carbonyl (C=O) groups is 1. The monoisotopic (exact) mass is 217 g/mol. The van der Waals surface area contributed by atoms with Crippen molar-refractivity contribution in [3.8, 4) is 0 Å². The first-order valence-corrected chi connectivity index (χ1v) is 5.63. The fraction of sp³-hybridized carbons (Fsp3) is 0.417. The van der Waals surface area contributed by atoms with Crippen LogP contribution in [0.25, 0.3) is 0 Å². The molecular weight excluding hydrogens is 202 g/mol. The number of nitrogens with two attached hydrogens (primary N) is 1. The molecule has 1 spiro atoms. The molecule has 0 aromatic carbocycles. The van der Waals surface area contributed by atoms with Crippen LogP contribution in [-0.2, 0) is 4.79 Å². The molecule has 16 heavy (non-hydrogen) atoms. The zero-order valence-electron chi connectivity index (χ0n) is 9.07. The van der Waals surface area contributed by atoms with Crippen LogP contribution < -0.4 is 11.1 Å². The first-order valence-electron chi connectivity index (χ1n) is 5.63. The van der Waals surface area contributed by atoms with Gasteiger partial charge < -0.3 is 16.0 Å². The van der Waals surface area contributed by atoms with E-state index in [1.54, 1.807) is 6.08 Å². The number of nitrogens with zero attached hydrogens (tertiary/aromatic N) is 1. The van der Waals surface area contributed by atoms with Gasteiger partial charge in [-0.3, -0.25) is 4.79 Å². The molecule has 2 aliphatic heterocycles. The van der Waals surface area contributed by atoms with Crippen molar-refractivity contribution in [3.63, 3.8) is 0 Å². The molecule has 1 saturated carbocycles. The summed E-state index contributed by atoms with van der Waals surface area (Å²) in [6.07, 6.45) is 11.3. The third kappa shape index (κ3) is 1.33. The van der Waals surface area contributed by atoms with Gasteiger partial charge >= 0.3 is 0 Å². The van der Waals surface area contributed by atoms with Crippen LogP contribution in [0.3, 0.4) is 0 Å². The van der Waals surface area contributed by atoms with Crippen LogP contribution >= 0.6 is 0 Å². The minimum atomic E-state index is -0.364. The van der Waals surface area contributed by atoms with Crippen molar-refractivity contribution in [3.05, 3.63) is 35.8 Å². The van der Waals surface area contributed by atoms with E-state index in [0.717, 1.165) is 12.2 Å². The van der Waals surface area contributed by atoms with Crippen molar-refractivity contribution in [2.45, 2.75) is 24.8 Å². The van der Waals surface area contributed by atoms with Gasteiger partial charge in [0.15, 0.2) is 0 Å². The molecule has 0 atom stereocenters. The minimum absolute atomic E-state index is 0.230. The average Bonchev–Trinajstić information content (AvgIpc) is 2.25. The maximum atomic E-state index is 11.1. The van der Waals surface area contributed by atoms with Crippen molar-refractivity contribution in [2.75, 3.05) is 6.54 Å². The van der Waals surface area contributed by atoms with E-state index in [9.17, 15) is 4.79 Å². The minimum Gasteiger partial charge on any atom is -0.382 e. The summed E-state index contributed by atoms with van der Waals surface area (Å²) in [6, 6.07) is 0. The SMILES string of the molecule is NC(=O)C1=CN2CC3(CCC3)NC=C2C=C1. The van der Waals surface area contributed by atoms with Gasteiger partial charge in [0.1, 0.15) is 0 Å². The molecule has 0 bridgehead atoms. The summed E-state index contributed by atoms with van der Waals surface area (Å²) in [5.41, 5.74) is 7.19. The molecule has 0 unspecified atom stereocenters. The zero-order valence-corrected chi connectivity index (χ0v) is 9.07. The third-order valence-corrected chi connectivity index (χ3v) is 3.65. The number of amides is 1. The lowest BCUT2D eigenvalue weighted by atomic mass is 9.75. The fourth-order valence-electron chi connectivity index (χ4n) is 2.47. The largest absolute Gasteiger partial charge is 0.382 e. The molecule has 4 nitrogen and oxygen atoms in total. The number of allylic oxidation sites excluding steroid dienone is 1. The molecule has 1 fully saturated rings. The summed E-state index contributed by atoms with van der Waals surface area (Å²) in [6.45, 7) is 0.931. The lowest BCUT2D eigenvalue weighted by Crippen LogP contribution is -2.58. The maximum Gasteiger partial charge on any atom is 0.250 e. The summed E-state index contributed by atoms with van der Waals surface area (Å²) < 4.78 is 0. The first kappa shape index (κ1) is 9.51. The van der Waals surface area contributed by atoms with Crippen LogP contribution in [0, 0.1) is 0 Å². The summed E-state index contributed by atoms with van der Waals surface area (Å²) in [7, 11) is 0. The number of hydrogen-bond donors (Lipinski definition) is 2. The molecule has 1 aliphatic carbocycles. The Bertz CT molecular complexity index is 430. The molecule has 0 radical (unpaired) electrons. The second-order valence-corrected chi connectivity index (χ2v) is 4.76. The van der Waals surface area contributed by atoms with Crippen molar-refractivity contribution in [2.24, 2.45) is 5.73 Å². The lowest BCUT2D eigenvalue weighted by Gasteiger charge is -2.49. The number of fused-ring (bicyclic) bond motifs is 1. The van der Waals surface area contributed by atoms with E-state index in [2.05, 4.69) is 10.2 Å². The standard InChI is InChI=1S/C12H15N3O/c13-11(16)9-2-3-10-6-14-12(4-1-5-12)8-15(10)7-9/h2-3,6-7,14H,1,4-5,8H2,(H2,13,16). The van der Waals surface area contributed by atoms with Crippen molar-refractivity contribution in [1.29, 1.82) is 0 Å². The highest BCUT2D eigenvalue weighted by Crippen LogP contribution is 2.36. The van der Waals surface area contributed by atoms with E-state index in [4.69, 9.17) is 5.73 Å². The molecule has 3 N–H and O–H groups in total. The Morgan fingerprint density at radius 2 is 2.25 bits per heavy atom. The molecule has 4 heteroatoms. The summed E-state index contributed by atoms with van der Waals surface area (Å²) in [5.74, 6) is -0.364. The summed E-state index contributed by atoms with van der Waals surface area (Å²) >= 11 is 0. The second kappa shape index (κ2) is 3.14. The van der Waals surface area contributed by atoms with Crippen LogP contribution in [0.5, 0.6) is 0 Å². The van der Waals surface area contributed by atoms with Gasteiger partial charge in [-0.15, -0.1) is 0 Å². The molecule has 84 valence electrons. The van der Waals surface area contributed by atoms with Gasteiger partial charge in [-0.05, 0) is 31.4 Å². The van der Waals surface area contributed by atoms with Crippen LogP contribution in [0.15, 0.2) is 35.8 Å². The smallest absolute Gasteiger partial charge is 0.250 e. The van der Waals surface area contributed by atoms with E-state index in [0.29, 0.717) is 5.57 Å². The van der Waals surface area contributed by atoms with Crippen LogP contribution in [0.2, 0.25) is 0 Å². The highest BCUT2D eigenvalue weighted by Gasteiger charge is 2.40. The van der Waals surface area contributed by atoms with Gasteiger partial charge in [-0.1, -0.05) is 0 Å². The molecule has 1 amide bonds. The van der Waals surface area contributed by atoms with Gasteiger partial charge in [0, 0.05) is 18.9 Å². The topological polar surface area (TPSA) is 58.4 Å². The number of nitrogens with one attached hydrogen (secondary N) is 1. The van der Waals surface area contributed by atoms with E-state index >= 15 is 0 Å². The average molecular weight is 217 g/mol. The molecule has 2 heterocycles. The van der Waals surface area contributed by atoms with Gasteiger partial charge in [-0.2, -0.15) is 0 Å². The Kier molecular flexibility index (Phi) is 1.87. The number of carbonyl (C=O) groups excluding carboxylic acids is 1. The van der Waals surface area contributed by atoms with Crippen LogP contribution in [0.4, 0.5) is 0 Å². The fourth-order valence-corrected chi connectivity index (χ4v) is 2.47. The van der Waals surface area contributed by atoms with Gasteiger partial charge in [0.2, 0.25) is 5.91 Å². The highest BCUT2D eigenvalue weighted by molar-refractivity contribution is 5.95. The second-order valence-electron chi connectivity index (χ2n) is 4.76. The Labute approximate surface area is 94.5 Å². The van der Waals surface area contributed by atoms with Crippen molar-refractivity contribution in [1.82, 2.24) is 10.2 Å². The van der Waals surface area contributed by atoms with E-state index in [1.165, 1.54) is 19.3 Å². The highest BCUT2D eigenvalue weighted by atomic mass is 16.1. The zero-order chi connectivity index (χ0) is 11.2. The quantitative estimate of drug-likeness (QED) is 0.676. The lowest BCUT2D eigenvalue weighted by molar-refractivity contribution is -0.114. The van der Waals surface area contributed by atoms with Crippen molar-refractivity contribution < 1.29 is 4.79 Å². The Balaban J connectivity index is 1.88. The first-order chi connectivity index (χ1) is 7.69. The molecule has 3 aliphatic rings. The van der Waals surface area contributed by atoms with Gasteiger partial charge in [-0.25, -0.2) is 0 Å². The van der Waals surface area contributed by atoms with Crippen molar-refractivity contribution >= 4 is 5.91 Å². The van der Waals surface area contributed by atoms with Crippen LogP contribution in [-0.4, -0.2) is 22.9 Å². The predicted octanol–water partition coefficient (Wildman–Crippen LogP) is 0.595. The molecular formula is C12H15N3O. The Hall–Kier alpha value is -1.71. The maximum absolute atomic E-state index is 11.1. The summed E-state index contributed by atoms with van der Waals surface area (Å²) in [5, 5.41) is 3.47.